The maximum absolute atomic E-state index is 14.1. The number of rotatable bonds is 2. The van der Waals surface area contributed by atoms with Gasteiger partial charge in [-0.05, 0) is 24.1 Å². The van der Waals surface area contributed by atoms with Crippen molar-refractivity contribution in [1.82, 2.24) is 0 Å². The average Bonchev–Trinajstić information content (AvgIpc) is 2.96. The van der Waals surface area contributed by atoms with Crippen LogP contribution >= 0.6 is 20.7 Å². The zero-order valence-electron chi connectivity index (χ0n) is 11.7. The van der Waals surface area contributed by atoms with E-state index in [-0.39, 0.29) is 11.8 Å². The SMILES string of the molecule is COC(=O)C1=IC(C2=CCC3(CC2)OCCO3)=C(F)C=C1. The molecule has 0 aromatic carbocycles. The Hall–Kier alpha value is -0.860. The normalized spacial score (nSPS) is 24.5. The highest BCUT2D eigenvalue weighted by Crippen LogP contribution is 2.42. The summed E-state index contributed by atoms with van der Waals surface area (Å²) >= 11 is -0.844. The van der Waals surface area contributed by atoms with E-state index in [1.165, 1.54) is 19.3 Å². The molecule has 0 N–H and O–H groups in total. The van der Waals surface area contributed by atoms with Gasteiger partial charge in [-0.2, -0.15) is 0 Å². The summed E-state index contributed by atoms with van der Waals surface area (Å²) < 4.78 is 31.4. The van der Waals surface area contributed by atoms with Gasteiger partial charge < -0.3 is 14.2 Å². The first-order chi connectivity index (χ1) is 10.1. The van der Waals surface area contributed by atoms with E-state index < -0.39 is 26.5 Å². The first kappa shape index (κ1) is 15.1. The van der Waals surface area contributed by atoms with E-state index in [2.05, 4.69) is 0 Å². The van der Waals surface area contributed by atoms with Crippen LogP contribution in [-0.4, -0.2) is 35.6 Å². The molecule has 1 aliphatic carbocycles. The van der Waals surface area contributed by atoms with Crippen LogP contribution in [0.4, 0.5) is 4.39 Å². The highest BCUT2D eigenvalue weighted by molar-refractivity contribution is 14.2. The van der Waals surface area contributed by atoms with Crippen molar-refractivity contribution in [2.45, 2.75) is 25.0 Å². The van der Waals surface area contributed by atoms with Crippen molar-refractivity contribution in [2.75, 3.05) is 20.3 Å². The van der Waals surface area contributed by atoms with Gasteiger partial charge in [0, 0.05) is 16.4 Å². The summed E-state index contributed by atoms with van der Waals surface area (Å²) in [5.74, 6) is -1.09. The Labute approximate surface area is 132 Å². The van der Waals surface area contributed by atoms with Gasteiger partial charge in [-0.1, -0.05) is 26.8 Å². The Morgan fingerprint density at radius 3 is 2.76 bits per heavy atom. The second kappa shape index (κ2) is 6.10. The molecule has 0 bridgehead atoms. The van der Waals surface area contributed by atoms with E-state index >= 15 is 0 Å². The minimum absolute atomic E-state index is 0.231. The van der Waals surface area contributed by atoms with E-state index in [1.807, 2.05) is 6.08 Å². The van der Waals surface area contributed by atoms with Crippen molar-refractivity contribution >= 4 is 30.2 Å². The van der Waals surface area contributed by atoms with Gasteiger partial charge in [0.05, 0.1) is 23.8 Å². The van der Waals surface area contributed by atoms with Crippen LogP contribution in [0.2, 0.25) is 0 Å². The third kappa shape index (κ3) is 3.02. The summed E-state index contributed by atoms with van der Waals surface area (Å²) in [5, 5.41) is 0. The van der Waals surface area contributed by atoms with Gasteiger partial charge in [0.25, 0.3) is 0 Å². The molecule has 1 saturated heterocycles. The fourth-order valence-corrected chi connectivity index (χ4v) is 5.24. The van der Waals surface area contributed by atoms with Crippen LogP contribution in [0.5, 0.6) is 0 Å². The lowest BCUT2D eigenvalue weighted by atomic mass is 9.93. The number of hydrogen-bond donors (Lipinski definition) is 0. The predicted octanol–water partition coefficient (Wildman–Crippen LogP) is 2.91. The summed E-state index contributed by atoms with van der Waals surface area (Å²) in [6.07, 6.45) is 6.98. The number of carbonyl (C=O) groups excluding carboxylic acids is 1. The molecule has 0 amide bonds. The first-order valence-corrected chi connectivity index (χ1v) is 8.94. The highest BCUT2D eigenvalue weighted by Gasteiger charge is 2.38. The Morgan fingerprint density at radius 2 is 2.14 bits per heavy atom. The van der Waals surface area contributed by atoms with E-state index in [9.17, 15) is 9.18 Å². The summed E-state index contributed by atoms with van der Waals surface area (Å²) in [4.78, 5) is 11.6. The maximum Gasteiger partial charge on any atom is 0.343 e. The number of ether oxygens (including phenoxy) is 3. The molecule has 6 heteroatoms. The van der Waals surface area contributed by atoms with E-state index in [0.717, 1.165) is 12.0 Å². The molecule has 1 fully saturated rings. The topological polar surface area (TPSA) is 44.8 Å². The van der Waals surface area contributed by atoms with Crippen LogP contribution in [0.25, 0.3) is 0 Å². The van der Waals surface area contributed by atoms with Crippen molar-refractivity contribution in [3.63, 3.8) is 0 Å². The van der Waals surface area contributed by atoms with E-state index in [0.29, 0.717) is 33.1 Å². The molecular weight excluding hydrogens is 390 g/mol. The van der Waals surface area contributed by atoms with Crippen LogP contribution in [0.3, 0.4) is 0 Å². The van der Waals surface area contributed by atoms with Gasteiger partial charge in [-0.15, -0.1) is 0 Å². The second-order valence-corrected chi connectivity index (χ2v) is 7.75. The lowest BCUT2D eigenvalue weighted by Crippen LogP contribution is -2.31. The maximum atomic E-state index is 14.1. The van der Waals surface area contributed by atoms with Gasteiger partial charge in [0.1, 0.15) is 5.83 Å². The van der Waals surface area contributed by atoms with Crippen LogP contribution < -0.4 is 0 Å². The summed E-state index contributed by atoms with van der Waals surface area (Å²) in [5.41, 5.74) is 0.982. The van der Waals surface area contributed by atoms with Gasteiger partial charge in [-0.25, -0.2) is 9.18 Å². The number of hydrogen-bond acceptors (Lipinski definition) is 4. The summed E-state index contributed by atoms with van der Waals surface area (Å²) in [6.45, 7) is 1.24. The minimum Gasteiger partial charge on any atom is -0.465 e. The van der Waals surface area contributed by atoms with Gasteiger partial charge in [0.15, 0.2) is 5.79 Å². The molecule has 3 aliphatic rings. The lowest BCUT2D eigenvalue weighted by Gasteiger charge is -2.31. The van der Waals surface area contributed by atoms with Crippen molar-refractivity contribution < 1.29 is 23.4 Å². The molecule has 2 aliphatic heterocycles. The zero-order valence-corrected chi connectivity index (χ0v) is 13.8. The molecule has 0 saturated carbocycles. The highest BCUT2D eigenvalue weighted by atomic mass is 127. The number of carbonyl (C=O) groups is 1. The molecule has 2 heterocycles. The number of allylic oxidation sites excluding steroid dienone is 4. The van der Waals surface area contributed by atoms with Gasteiger partial charge in [-0.3, -0.25) is 0 Å². The smallest absolute Gasteiger partial charge is 0.343 e. The van der Waals surface area contributed by atoms with Gasteiger partial charge >= 0.3 is 5.97 Å². The summed E-state index contributed by atoms with van der Waals surface area (Å²) in [7, 11) is 1.35. The predicted molar refractivity (Wildman–Crippen MR) is 84.9 cm³/mol. The van der Waals surface area contributed by atoms with Crippen molar-refractivity contribution in [3.8, 4) is 0 Å². The van der Waals surface area contributed by atoms with Crippen LogP contribution in [0.15, 0.2) is 33.2 Å². The molecule has 0 aromatic rings. The number of esters is 1. The number of methoxy groups -OCH3 is 1. The molecule has 114 valence electrons. The Bertz CT molecular complexity index is 582. The lowest BCUT2D eigenvalue weighted by molar-refractivity contribution is -0.161. The third-order valence-electron chi connectivity index (χ3n) is 3.69. The van der Waals surface area contributed by atoms with Crippen molar-refractivity contribution in [3.05, 3.63) is 33.2 Å². The Morgan fingerprint density at radius 1 is 1.38 bits per heavy atom. The molecule has 0 atom stereocenters. The molecule has 0 radical (unpaired) electrons. The Kier molecular flexibility index (Phi) is 4.37. The van der Waals surface area contributed by atoms with Crippen LogP contribution in [0, 0.1) is 0 Å². The van der Waals surface area contributed by atoms with Crippen molar-refractivity contribution in [2.24, 2.45) is 0 Å². The molecular formula is C15H16FIO4. The molecule has 21 heavy (non-hydrogen) atoms. The molecule has 0 aromatic heterocycles. The zero-order chi connectivity index (χ0) is 14.9. The largest absolute Gasteiger partial charge is 0.465 e. The minimum atomic E-state index is -0.844. The van der Waals surface area contributed by atoms with E-state index in [1.54, 1.807) is 0 Å². The summed E-state index contributed by atoms with van der Waals surface area (Å²) in [6, 6.07) is 0. The molecule has 0 unspecified atom stereocenters. The number of halogens is 2. The van der Waals surface area contributed by atoms with Crippen LogP contribution in [-0.2, 0) is 19.0 Å². The fraction of sp³-hybridized carbons (Fsp3) is 0.467. The quantitative estimate of drug-likeness (QED) is 0.523. The first-order valence-electron chi connectivity index (χ1n) is 6.79. The molecule has 3 rings (SSSR count). The fourth-order valence-electron chi connectivity index (χ4n) is 2.58. The molecule has 1 spiro atoms. The monoisotopic (exact) mass is 406 g/mol. The standard InChI is InChI=1S/C15H16FIO4/c1-19-14(18)12-3-2-11(16)13(17-12)10-4-6-15(7-5-10)20-8-9-21-15/h2-4H,5-9H2,1H3. The third-order valence-corrected chi connectivity index (χ3v) is 6.82. The second-order valence-electron chi connectivity index (χ2n) is 4.97. The Balaban J connectivity index is 1.83. The average molecular weight is 406 g/mol. The van der Waals surface area contributed by atoms with Crippen LogP contribution in [0.1, 0.15) is 19.3 Å². The van der Waals surface area contributed by atoms with Crippen molar-refractivity contribution in [1.29, 1.82) is 0 Å². The van der Waals surface area contributed by atoms with E-state index in [4.69, 9.17) is 14.2 Å². The van der Waals surface area contributed by atoms with Gasteiger partial charge in [0.2, 0.25) is 0 Å². The molecule has 4 nitrogen and oxygen atoms in total.